The molecule has 1 fully saturated rings. The molecule has 1 heterocycles. The molecule has 3 rings (SSSR count). The molecule has 0 atom stereocenters. The van der Waals surface area contributed by atoms with Gasteiger partial charge in [-0.1, -0.05) is 0 Å². The Balaban J connectivity index is 1.83. The van der Waals surface area contributed by atoms with Gasteiger partial charge in [0.15, 0.2) is 0 Å². The lowest BCUT2D eigenvalue weighted by Crippen LogP contribution is -2.23. The molecule has 0 unspecified atom stereocenters. The van der Waals surface area contributed by atoms with E-state index in [0.29, 0.717) is 35.8 Å². The van der Waals surface area contributed by atoms with Crippen molar-refractivity contribution in [2.45, 2.75) is 17.7 Å². The molecular formula is C18H20N2O5S. The smallest absolute Gasteiger partial charge is 0.262 e. The Morgan fingerprint density at radius 1 is 1.04 bits per heavy atom. The van der Waals surface area contributed by atoms with Gasteiger partial charge in [-0.3, -0.25) is 9.52 Å². The summed E-state index contributed by atoms with van der Waals surface area (Å²) in [5.74, 6) is 0.971. The maximum Gasteiger partial charge on any atom is 0.262 e. The van der Waals surface area contributed by atoms with Crippen LogP contribution in [0.5, 0.6) is 11.5 Å². The highest BCUT2D eigenvalue weighted by atomic mass is 32.2. The number of ether oxygens (including phenoxy) is 2. The summed E-state index contributed by atoms with van der Waals surface area (Å²) in [6, 6.07) is 11.1. The standard InChI is InChI=1S/C18H20N2O5S/c1-24-14-7-10-16(17(12-14)25-2)19-26(22,23)15-8-5-13(6-9-15)20-11-3-4-18(20)21/h5-10,12,19H,3-4,11H2,1-2H3. The van der Waals surface area contributed by atoms with Gasteiger partial charge in [-0.15, -0.1) is 0 Å². The van der Waals surface area contributed by atoms with Crippen molar-refractivity contribution in [1.29, 1.82) is 0 Å². The monoisotopic (exact) mass is 376 g/mol. The number of carbonyl (C=O) groups excluding carboxylic acids is 1. The van der Waals surface area contributed by atoms with E-state index in [-0.39, 0.29) is 10.8 Å². The molecule has 138 valence electrons. The molecule has 0 bridgehead atoms. The van der Waals surface area contributed by atoms with Crippen LogP contribution >= 0.6 is 0 Å². The van der Waals surface area contributed by atoms with E-state index in [2.05, 4.69) is 4.72 Å². The van der Waals surface area contributed by atoms with Crippen molar-refractivity contribution in [2.75, 3.05) is 30.4 Å². The predicted octanol–water partition coefficient (Wildman–Crippen LogP) is 2.63. The number of rotatable bonds is 6. The number of sulfonamides is 1. The quantitative estimate of drug-likeness (QED) is 0.838. The number of carbonyl (C=O) groups is 1. The summed E-state index contributed by atoms with van der Waals surface area (Å²) in [5.41, 5.74) is 1.01. The fourth-order valence-electron chi connectivity index (χ4n) is 2.81. The zero-order chi connectivity index (χ0) is 18.7. The van der Waals surface area contributed by atoms with Gasteiger partial charge in [-0.2, -0.15) is 0 Å². The van der Waals surface area contributed by atoms with Gasteiger partial charge in [-0.05, 0) is 42.8 Å². The van der Waals surface area contributed by atoms with Gasteiger partial charge in [0.05, 0.1) is 24.8 Å². The number of nitrogens with zero attached hydrogens (tertiary/aromatic N) is 1. The number of amides is 1. The molecule has 0 radical (unpaired) electrons. The molecule has 0 aliphatic carbocycles. The Labute approximate surface area is 152 Å². The first kappa shape index (κ1) is 18.1. The lowest BCUT2D eigenvalue weighted by Gasteiger charge is -2.16. The van der Waals surface area contributed by atoms with Gasteiger partial charge < -0.3 is 14.4 Å². The lowest BCUT2D eigenvalue weighted by molar-refractivity contribution is -0.117. The van der Waals surface area contributed by atoms with Crippen molar-refractivity contribution in [3.8, 4) is 11.5 Å². The molecule has 7 nitrogen and oxygen atoms in total. The van der Waals surface area contributed by atoms with Crippen LogP contribution in [0.15, 0.2) is 47.4 Å². The number of anilines is 2. The predicted molar refractivity (Wildman–Crippen MR) is 98.4 cm³/mol. The molecule has 0 aromatic heterocycles. The summed E-state index contributed by atoms with van der Waals surface area (Å²) in [5, 5.41) is 0. The first-order valence-corrected chi connectivity index (χ1v) is 9.58. The summed E-state index contributed by atoms with van der Waals surface area (Å²) in [7, 11) is -0.822. The van der Waals surface area contributed by atoms with Crippen LogP contribution in [0.2, 0.25) is 0 Å². The summed E-state index contributed by atoms with van der Waals surface area (Å²) in [6.45, 7) is 0.659. The molecule has 1 saturated heterocycles. The SMILES string of the molecule is COc1ccc(NS(=O)(=O)c2ccc(N3CCCC3=O)cc2)c(OC)c1. The summed E-state index contributed by atoms with van der Waals surface area (Å²) in [4.78, 5) is 13.6. The van der Waals surface area contributed by atoms with E-state index in [1.165, 1.54) is 26.4 Å². The van der Waals surface area contributed by atoms with Crippen LogP contribution < -0.4 is 19.1 Å². The van der Waals surface area contributed by atoms with Crippen LogP contribution in [0, 0.1) is 0 Å². The van der Waals surface area contributed by atoms with E-state index in [4.69, 9.17) is 9.47 Å². The number of hydrogen-bond donors (Lipinski definition) is 1. The number of nitrogens with one attached hydrogen (secondary N) is 1. The van der Waals surface area contributed by atoms with Gasteiger partial charge in [0.25, 0.3) is 10.0 Å². The maximum atomic E-state index is 12.6. The van der Waals surface area contributed by atoms with Gasteiger partial charge in [0, 0.05) is 24.7 Å². The van der Waals surface area contributed by atoms with Gasteiger partial charge in [0.2, 0.25) is 5.91 Å². The van der Waals surface area contributed by atoms with Crippen LogP contribution in [-0.4, -0.2) is 35.1 Å². The Hall–Kier alpha value is -2.74. The normalized spacial score (nSPS) is 14.4. The number of methoxy groups -OCH3 is 2. The topological polar surface area (TPSA) is 84.9 Å². The minimum absolute atomic E-state index is 0.0571. The van der Waals surface area contributed by atoms with Crippen LogP contribution in [-0.2, 0) is 14.8 Å². The van der Waals surface area contributed by atoms with E-state index in [0.717, 1.165) is 6.42 Å². The van der Waals surface area contributed by atoms with Crippen molar-refractivity contribution < 1.29 is 22.7 Å². The third-order valence-electron chi connectivity index (χ3n) is 4.19. The molecule has 26 heavy (non-hydrogen) atoms. The third kappa shape index (κ3) is 3.60. The fraction of sp³-hybridized carbons (Fsp3) is 0.278. The maximum absolute atomic E-state index is 12.6. The molecule has 1 aliphatic rings. The first-order valence-electron chi connectivity index (χ1n) is 8.10. The lowest BCUT2D eigenvalue weighted by atomic mass is 10.3. The second-order valence-electron chi connectivity index (χ2n) is 5.81. The van der Waals surface area contributed by atoms with Crippen LogP contribution in [0.25, 0.3) is 0 Å². The number of hydrogen-bond acceptors (Lipinski definition) is 5. The van der Waals surface area contributed by atoms with Crippen molar-refractivity contribution in [2.24, 2.45) is 0 Å². The van der Waals surface area contributed by atoms with Gasteiger partial charge in [-0.25, -0.2) is 8.42 Å². The Morgan fingerprint density at radius 2 is 1.77 bits per heavy atom. The molecule has 8 heteroatoms. The molecule has 1 aliphatic heterocycles. The largest absolute Gasteiger partial charge is 0.497 e. The van der Waals surface area contributed by atoms with E-state index in [9.17, 15) is 13.2 Å². The second-order valence-corrected chi connectivity index (χ2v) is 7.50. The van der Waals surface area contributed by atoms with Gasteiger partial charge in [0.1, 0.15) is 11.5 Å². The van der Waals surface area contributed by atoms with E-state index in [1.54, 1.807) is 35.2 Å². The summed E-state index contributed by atoms with van der Waals surface area (Å²) in [6.07, 6.45) is 1.34. The van der Waals surface area contributed by atoms with Gasteiger partial charge >= 0.3 is 0 Å². The number of benzene rings is 2. The molecule has 0 spiro atoms. The minimum atomic E-state index is -3.79. The Kier molecular flexibility index (Phi) is 5.03. The molecule has 2 aromatic rings. The molecule has 0 saturated carbocycles. The molecule has 2 aromatic carbocycles. The molecular weight excluding hydrogens is 356 g/mol. The first-order chi connectivity index (χ1) is 12.4. The Bertz CT molecular complexity index is 910. The average Bonchev–Trinajstić information content (AvgIpc) is 3.08. The highest BCUT2D eigenvalue weighted by molar-refractivity contribution is 7.92. The van der Waals surface area contributed by atoms with Crippen molar-refractivity contribution in [1.82, 2.24) is 0 Å². The van der Waals surface area contributed by atoms with E-state index >= 15 is 0 Å². The average molecular weight is 376 g/mol. The third-order valence-corrected chi connectivity index (χ3v) is 5.57. The highest BCUT2D eigenvalue weighted by Crippen LogP contribution is 2.31. The van der Waals surface area contributed by atoms with Crippen molar-refractivity contribution in [3.05, 3.63) is 42.5 Å². The highest BCUT2D eigenvalue weighted by Gasteiger charge is 2.23. The van der Waals surface area contributed by atoms with Crippen molar-refractivity contribution in [3.63, 3.8) is 0 Å². The fourth-order valence-corrected chi connectivity index (χ4v) is 3.88. The minimum Gasteiger partial charge on any atom is -0.497 e. The second kappa shape index (κ2) is 7.25. The summed E-state index contributed by atoms with van der Waals surface area (Å²) < 4.78 is 38.1. The molecule has 1 N–H and O–H groups in total. The summed E-state index contributed by atoms with van der Waals surface area (Å²) >= 11 is 0. The van der Waals surface area contributed by atoms with Crippen LogP contribution in [0.1, 0.15) is 12.8 Å². The molecule has 1 amide bonds. The van der Waals surface area contributed by atoms with E-state index in [1.807, 2.05) is 0 Å². The van der Waals surface area contributed by atoms with Crippen LogP contribution in [0.4, 0.5) is 11.4 Å². The van der Waals surface area contributed by atoms with Crippen LogP contribution in [0.3, 0.4) is 0 Å². The van der Waals surface area contributed by atoms with Crippen molar-refractivity contribution >= 4 is 27.3 Å². The zero-order valence-corrected chi connectivity index (χ0v) is 15.4. The van der Waals surface area contributed by atoms with E-state index < -0.39 is 10.0 Å². The zero-order valence-electron chi connectivity index (χ0n) is 14.6. The Morgan fingerprint density at radius 3 is 2.35 bits per heavy atom.